The van der Waals surface area contributed by atoms with Crippen molar-refractivity contribution in [1.82, 2.24) is 10.2 Å². The summed E-state index contributed by atoms with van der Waals surface area (Å²) in [7, 11) is 1.61. The van der Waals surface area contributed by atoms with Crippen LogP contribution in [-0.2, 0) is 4.79 Å². The van der Waals surface area contributed by atoms with E-state index in [0.29, 0.717) is 19.4 Å². The average molecular weight is 268 g/mol. The number of aliphatic hydroxyl groups is 1. The second-order valence-electron chi connectivity index (χ2n) is 5.00. The smallest absolute Gasteiger partial charge is 0.389 e. The van der Waals surface area contributed by atoms with E-state index in [1.807, 2.05) is 0 Å². The van der Waals surface area contributed by atoms with Gasteiger partial charge in [0.05, 0.1) is 12.1 Å². The maximum absolute atomic E-state index is 11.9. The summed E-state index contributed by atoms with van der Waals surface area (Å²) < 4.78 is 35.6. The van der Waals surface area contributed by atoms with Crippen LogP contribution in [0, 0.1) is 0 Å². The molecule has 0 saturated heterocycles. The maximum Gasteiger partial charge on any atom is 0.405 e. The van der Waals surface area contributed by atoms with Crippen molar-refractivity contribution in [1.29, 1.82) is 0 Å². The molecule has 1 saturated carbocycles. The van der Waals surface area contributed by atoms with Crippen LogP contribution in [0.1, 0.15) is 25.7 Å². The molecule has 1 aliphatic carbocycles. The van der Waals surface area contributed by atoms with Gasteiger partial charge in [-0.1, -0.05) is 12.8 Å². The first-order valence-electron chi connectivity index (χ1n) is 5.95. The van der Waals surface area contributed by atoms with E-state index in [2.05, 4.69) is 0 Å². The summed E-state index contributed by atoms with van der Waals surface area (Å²) in [4.78, 5) is 12.8. The lowest BCUT2D eigenvalue weighted by Crippen LogP contribution is -2.45. The summed E-state index contributed by atoms with van der Waals surface area (Å²) >= 11 is 0. The Hall–Kier alpha value is -0.820. The van der Waals surface area contributed by atoms with E-state index in [9.17, 15) is 23.1 Å². The van der Waals surface area contributed by atoms with Crippen LogP contribution in [0.2, 0.25) is 0 Å². The minimum Gasteiger partial charge on any atom is -0.389 e. The standard InChI is InChI=1S/C11H19F3N2O2/c1-16(8-10(18)4-2-3-5-10)6-9(17)15-7-11(12,13)14/h18H,2-8H2,1H3,(H,15,17). The highest BCUT2D eigenvalue weighted by Crippen LogP contribution is 2.29. The number of nitrogens with zero attached hydrogens (tertiary/aromatic N) is 1. The summed E-state index contributed by atoms with van der Waals surface area (Å²) in [5.41, 5.74) is -0.793. The first kappa shape index (κ1) is 15.2. The molecule has 1 fully saturated rings. The maximum atomic E-state index is 11.9. The number of carbonyl (C=O) groups excluding carboxylic acids is 1. The Bertz CT molecular complexity index is 289. The van der Waals surface area contributed by atoms with Crippen LogP contribution >= 0.6 is 0 Å². The molecule has 106 valence electrons. The predicted molar refractivity (Wildman–Crippen MR) is 60.0 cm³/mol. The van der Waals surface area contributed by atoms with Crippen LogP contribution in [0.15, 0.2) is 0 Å². The molecule has 0 atom stereocenters. The van der Waals surface area contributed by atoms with Crippen molar-refractivity contribution in [3.05, 3.63) is 0 Å². The Morgan fingerprint density at radius 3 is 2.44 bits per heavy atom. The summed E-state index contributed by atoms with van der Waals surface area (Å²) in [6.45, 7) is -1.14. The third-order valence-electron chi connectivity index (χ3n) is 3.00. The van der Waals surface area contributed by atoms with E-state index in [1.165, 1.54) is 0 Å². The third-order valence-corrected chi connectivity index (χ3v) is 3.00. The van der Waals surface area contributed by atoms with Crippen LogP contribution < -0.4 is 5.32 Å². The van der Waals surface area contributed by atoms with Crippen molar-refractivity contribution >= 4 is 5.91 Å². The molecule has 0 aliphatic heterocycles. The molecule has 1 amide bonds. The van der Waals surface area contributed by atoms with Gasteiger partial charge < -0.3 is 10.4 Å². The Morgan fingerprint density at radius 2 is 1.94 bits per heavy atom. The zero-order chi connectivity index (χ0) is 13.8. The Morgan fingerprint density at radius 1 is 1.39 bits per heavy atom. The van der Waals surface area contributed by atoms with Crippen molar-refractivity contribution in [3.8, 4) is 0 Å². The lowest BCUT2D eigenvalue weighted by atomic mass is 10.0. The SMILES string of the molecule is CN(CC(=O)NCC(F)(F)F)CC1(O)CCCC1. The minimum absolute atomic E-state index is 0.140. The Balaban J connectivity index is 2.27. The minimum atomic E-state index is -4.39. The molecule has 0 bridgehead atoms. The molecule has 4 nitrogen and oxygen atoms in total. The van der Waals surface area contributed by atoms with Crippen LogP contribution in [0.25, 0.3) is 0 Å². The fraction of sp³-hybridized carbons (Fsp3) is 0.909. The topological polar surface area (TPSA) is 52.6 Å². The third kappa shape index (κ3) is 5.68. The van der Waals surface area contributed by atoms with E-state index in [4.69, 9.17) is 0 Å². The van der Waals surface area contributed by atoms with Crippen molar-refractivity contribution in [2.45, 2.75) is 37.5 Å². The van der Waals surface area contributed by atoms with Crippen LogP contribution in [0.3, 0.4) is 0 Å². The number of alkyl halides is 3. The van der Waals surface area contributed by atoms with Gasteiger partial charge in [-0.15, -0.1) is 0 Å². The molecule has 1 aliphatic rings. The van der Waals surface area contributed by atoms with E-state index < -0.39 is 24.2 Å². The monoisotopic (exact) mass is 268 g/mol. The molecule has 7 heteroatoms. The molecule has 0 aromatic heterocycles. The molecule has 0 heterocycles. The highest BCUT2D eigenvalue weighted by Gasteiger charge is 2.33. The van der Waals surface area contributed by atoms with Gasteiger partial charge in [0.2, 0.25) is 5.91 Å². The number of amides is 1. The number of likely N-dealkylation sites (N-methyl/N-ethyl adjacent to an activating group) is 1. The molecular weight excluding hydrogens is 249 g/mol. The number of rotatable bonds is 5. The second kappa shape index (κ2) is 5.88. The lowest BCUT2D eigenvalue weighted by molar-refractivity contribution is -0.139. The Kier molecular flexibility index (Phi) is 4.98. The van der Waals surface area contributed by atoms with Gasteiger partial charge in [0, 0.05) is 6.54 Å². The van der Waals surface area contributed by atoms with Crippen molar-refractivity contribution in [3.63, 3.8) is 0 Å². The van der Waals surface area contributed by atoms with Crippen molar-refractivity contribution in [2.75, 3.05) is 26.7 Å². The molecule has 0 aromatic carbocycles. The molecule has 18 heavy (non-hydrogen) atoms. The molecule has 0 radical (unpaired) electrons. The van der Waals surface area contributed by atoms with Gasteiger partial charge in [-0.25, -0.2) is 0 Å². The number of hydrogen-bond acceptors (Lipinski definition) is 3. The first-order valence-corrected chi connectivity index (χ1v) is 5.95. The molecule has 0 spiro atoms. The summed E-state index contributed by atoms with van der Waals surface area (Å²) in [5.74, 6) is -0.684. The van der Waals surface area contributed by atoms with Crippen molar-refractivity contribution < 1.29 is 23.1 Å². The predicted octanol–water partition coefficient (Wildman–Crippen LogP) is 0.902. The number of carbonyl (C=O) groups is 1. The van der Waals surface area contributed by atoms with Crippen LogP contribution in [-0.4, -0.2) is 54.4 Å². The number of halogens is 3. The normalized spacial score (nSPS) is 19.2. The van der Waals surface area contributed by atoms with Gasteiger partial charge in [-0.3, -0.25) is 9.69 Å². The van der Waals surface area contributed by atoms with Gasteiger partial charge in [0.15, 0.2) is 0 Å². The van der Waals surface area contributed by atoms with E-state index in [1.54, 1.807) is 17.3 Å². The number of nitrogens with one attached hydrogen (secondary N) is 1. The van der Waals surface area contributed by atoms with E-state index >= 15 is 0 Å². The average Bonchev–Trinajstić information content (AvgIpc) is 2.60. The Labute approximate surface area is 104 Å². The zero-order valence-corrected chi connectivity index (χ0v) is 10.4. The van der Waals surface area contributed by atoms with Gasteiger partial charge in [-0.05, 0) is 19.9 Å². The summed E-state index contributed by atoms with van der Waals surface area (Å²) in [6.07, 6.45) is -1.13. The number of hydrogen-bond donors (Lipinski definition) is 2. The molecule has 2 N–H and O–H groups in total. The summed E-state index contributed by atoms with van der Waals surface area (Å²) in [5, 5.41) is 11.9. The molecule has 0 unspecified atom stereocenters. The van der Waals surface area contributed by atoms with Crippen LogP contribution in [0.4, 0.5) is 13.2 Å². The van der Waals surface area contributed by atoms with Gasteiger partial charge >= 0.3 is 6.18 Å². The molecule has 0 aromatic rings. The molecule has 1 rings (SSSR count). The summed E-state index contributed by atoms with van der Waals surface area (Å²) in [6, 6.07) is 0. The highest BCUT2D eigenvalue weighted by atomic mass is 19.4. The fourth-order valence-electron chi connectivity index (χ4n) is 2.25. The fourth-order valence-corrected chi connectivity index (χ4v) is 2.25. The van der Waals surface area contributed by atoms with Gasteiger partial charge in [0.25, 0.3) is 0 Å². The van der Waals surface area contributed by atoms with E-state index in [0.717, 1.165) is 12.8 Å². The van der Waals surface area contributed by atoms with Crippen molar-refractivity contribution in [2.24, 2.45) is 0 Å². The zero-order valence-electron chi connectivity index (χ0n) is 10.4. The highest BCUT2D eigenvalue weighted by molar-refractivity contribution is 5.78. The second-order valence-corrected chi connectivity index (χ2v) is 5.00. The first-order chi connectivity index (χ1) is 8.20. The van der Waals surface area contributed by atoms with Crippen LogP contribution in [0.5, 0.6) is 0 Å². The van der Waals surface area contributed by atoms with Gasteiger partial charge in [-0.2, -0.15) is 13.2 Å². The largest absolute Gasteiger partial charge is 0.405 e. The van der Waals surface area contributed by atoms with Gasteiger partial charge in [0.1, 0.15) is 6.54 Å². The quantitative estimate of drug-likeness (QED) is 0.779. The van der Waals surface area contributed by atoms with E-state index in [-0.39, 0.29) is 6.54 Å². The molecular formula is C11H19F3N2O2. The lowest BCUT2D eigenvalue weighted by Gasteiger charge is -2.28.